The Morgan fingerprint density at radius 1 is 1.20 bits per heavy atom. The van der Waals surface area contributed by atoms with E-state index in [0.29, 0.717) is 34.6 Å². The number of anilines is 1. The number of carbonyl (C=O) groups excluding carboxylic acids is 1. The second kappa shape index (κ2) is 9.51. The number of thioether (sulfide) groups is 1. The summed E-state index contributed by atoms with van der Waals surface area (Å²) in [4.78, 5) is 33.2. The molecule has 0 unspecified atom stereocenters. The summed E-state index contributed by atoms with van der Waals surface area (Å²) in [6.45, 7) is 11.0. The first-order valence-corrected chi connectivity index (χ1v) is 11.4. The Hall–Kier alpha value is -2.54. The third kappa shape index (κ3) is 5.33. The number of amides is 1. The van der Waals surface area contributed by atoms with Crippen molar-refractivity contribution in [3.05, 3.63) is 51.9 Å². The molecule has 0 aliphatic carbocycles. The van der Waals surface area contributed by atoms with Crippen molar-refractivity contribution in [2.45, 2.75) is 58.7 Å². The number of nitrogens with one attached hydrogen (secondary N) is 2. The first-order chi connectivity index (χ1) is 14.2. The average molecular weight is 427 g/mol. The van der Waals surface area contributed by atoms with Gasteiger partial charge in [-0.1, -0.05) is 51.6 Å². The summed E-state index contributed by atoms with van der Waals surface area (Å²) in [5.74, 6) is 0.987. The quantitative estimate of drug-likeness (QED) is 0.395. The molecule has 6 nitrogen and oxygen atoms in total. The van der Waals surface area contributed by atoms with Gasteiger partial charge in [-0.15, -0.1) is 0 Å². The van der Waals surface area contributed by atoms with Crippen LogP contribution in [0.15, 0.2) is 40.3 Å². The van der Waals surface area contributed by atoms with Crippen LogP contribution in [0.3, 0.4) is 0 Å². The molecule has 1 amide bonds. The van der Waals surface area contributed by atoms with Gasteiger partial charge in [0.05, 0.1) is 11.3 Å². The largest absolute Gasteiger partial charge is 0.353 e. The smallest absolute Gasteiger partial charge is 0.278 e. The third-order valence-electron chi connectivity index (χ3n) is 4.96. The molecule has 3 rings (SSSR count). The maximum atomic E-state index is 13.0. The van der Waals surface area contributed by atoms with E-state index >= 15 is 0 Å². The van der Waals surface area contributed by atoms with Crippen molar-refractivity contribution in [1.29, 1.82) is 0 Å². The number of fused-ring (bicyclic) bond motifs is 1. The van der Waals surface area contributed by atoms with Crippen molar-refractivity contribution >= 4 is 34.4 Å². The maximum absolute atomic E-state index is 13.0. The van der Waals surface area contributed by atoms with E-state index in [4.69, 9.17) is 0 Å². The summed E-state index contributed by atoms with van der Waals surface area (Å²) in [5, 5.41) is 3.50. The Morgan fingerprint density at radius 3 is 2.53 bits per heavy atom. The van der Waals surface area contributed by atoms with Crippen LogP contribution in [0.1, 0.15) is 51.3 Å². The van der Waals surface area contributed by atoms with E-state index in [1.165, 1.54) is 17.3 Å². The van der Waals surface area contributed by atoms with Gasteiger partial charge >= 0.3 is 0 Å². The van der Waals surface area contributed by atoms with Crippen LogP contribution in [-0.2, 0) is 11.3 Å². The summed E-state index contributed by atoms with van der Waals surface area (Å²) >= 11 is 1.30. The first-order valence-electron chi connectivity index (χ1n) is 10.4. The van der Waals surface area contributed by atoms with Crippen molar-refractivity contribution in [2.75, 3.05) is 11.1 Å². The number of aryl methyl sites for hydroxylation is 1. The Morgan fingerprint density at radius 2 is 1.90 bits per heavy atom. The second-order valence-corrected chi connectivity index (χ2v) is 9.30. The van der Waals surface area contributed by atoms with E-state index in [1.54, 1.807) is 4.57 Å². The van der Waals surface area contributed by atoms with Gasteiger partial charge in [0.2, 0.25) is 5.91 Å². The number of carbonyl (C=O) groups is 1. The predicted molar refractivity (Wildman–Crippen MR) is 124 cm³/mol. The summed E-state index contributed by atoms with van der Waals surface area (Å²) in [6.07, 6.45) is 0.870. The van der Waals surface area contributed by atoms with Crippen molar-refractivity contribution in [2.24, 2.45) is 5.92 Å². The minimum atomic E-state index is -0.118. The summed E-state index contributed by atoms with van der Waals surface area (Å²) in [7, 11) is 0. The highest BCUT2D eigenvalue weighted by molar-refractivity contribution is 7.99. The fraction of sp³-hybridized carbons (Fsp3) is 0.435. The molecule has 0 spiro atoms. The maximum Gasteiger partial charge on any atom is 0.278 e. The van der Waals surface area contributed by atoms with Gasteiger partial charge in [-0.3, -0.25) is 14.2 Å². The summed E-state index contributed by atoms with van der Waals surface area (Å²) < 4.78 is 1.69. The van der Waals surface area contributed by atoms with Gasteiger partial charge < -0.3 is 10.3 Å². The molecule has 160 valence electrons. The Kier molecular flexibility index (Phi) is 7.02. The SMILES string of the molecule is Cc1cc2nc(SCC(=O)Nc3ccc(C(C)C)cc3)n(CCC(C)C)c(=O)c2[nH]1. The molecule has 0 aliphatic heterocycles. The molecule has 0 saturated heterocycles. The fourth-order valence-electron chi connectivity index (χ4n) is 3.18. The molecule has 0 fully saturated rings. The number of nitrogens with zero attached hydrogens (tertiary/aromatic N) is 2. The molecule has 0 bridgehead atoms. The molecule has 2 aromatic heterocycles. The van der Waals surface area contributed by atoms with E-state index in [2.05, 4.69) is 43.0 Å². The molecule has 0 saturated carbocycles. The predicted octanol–water partition coefficient (Wildman–Crippen LogP) is 4.93. The van der Waals surface area contributed by atoms with Crippen molar-refractivity contribution < 1.29 is 4.79 Å². The van der Waals surface area contributed by atoms with Crippen LogP contribution in [0.25, 0.3) is 11.0 Å². The van der Waals surface area contributed by atoms with E-state index in [0.717, 1.165) is 17.8 Å². The molecule has 2 heterocycles. The minimum absolute atomic E-state index is 0.0825. The van der Waals surface area contributed by atoms with Crippen LogP contribution in [0, 0.1) is 12.8 Å². The van der Waals surface area contributed by atoms with Gasteiger partial charge in [-0.2, -0.15) is 0 Å². The van der Waals surface area contributed by atoms with Crippen molar-refractivity contribution in [3.8, 4) is 0 Å². The standard InChI is InChI=1S/C23H30N4O2S/c1-14(2)10-11-27-22(29)21-19(12-16(5)24-21)26-23(27)30-13-20(28)25-18-8-6-17(7-9-18)15(3)4/h6-9,12,14-15,24H,10-11,13H2,1-5H3,(H,25,28). The molecular formula is C23H30N4O2S. The number of hydrogen-bond donors (Lipinski definition) is 2. The van der Waals surface area contributed by atoms with Crippen LogP contribution in [0.5, 0.6) is 0 Å². The van der Waals surface area contributed by atoms with Gasteiger partial charge in [-0.05, 0) is 48.9 Å². The molecular weight excluding hydrogens is 396 g/mol. The van der Waals surface area contributed by atoms with Gasteiger partial charge in [0, 0.05) is 17.9 Å². The highest BCUT2D eigenvalue weighted by atomic mass is 32.2. The lowest BCUT2D eigenvalue weighted by molar-refractivity contribution is -0.113. The van der Waals surface area contributed by atoms with Crippen molar-refractivity contribution in [3.63, 3.8) is 0 Å². The number of H-pyrrole nitrogens is 1. The van der Waals surface area contributed by atoms with Crippen LogP contribution in [0.4, 0.5) is 5.69 Å². The van der Waals surface area contributed by atoms with Crippen LogP contribution < -0.4 is 10.9 Å². The topological polar surface area (TPSA) is 79.8 Å². The van der Waals surface area contributed by atoms with Gasteiger partial charge in [0.1, 0.15) is 5.52 Å². The third-order valence-corrected chi connectivity index (χ3v) is 5.94. The highest BCUT2D eigenvalue weighted by Gasteiger charge is 2.15. The average Bonchev–Trinajstić information content (AvgIpc) is 3.06. The van der Waals surface area contributed by atoms with Crippen LogP contribution >= 0.6 is 11.8 Å². The van der Waals surface area contributed by atoms with E-state index in [9.17, 15) is 9.59 Å². The Bertz CT molecular complexity index is 1080. The summed E-state index contributed by atoms with van der Waals surface area (Å²) in [6, 6.07) is 9.76. The molecule has 1 aromatic carbocycles. The second-order valence-electron chi connectivity index (χ2n) is 8.36. The molecule has 0 aliphatic rings. The van der Waals surface area contributed by atoms with Crippen molar-refractivity contribution in [1.82, 2.24) is 14.5 Å². The zero-order valence-corrected chi connectivity index (χ0v) is 19.1. The van der Waals surface area contributed by atoms with Gasteiger partial charge in [0.15, 0.2) is 5.16 Å². The highest BCUT2D eigenvalue weighted by Crippen LogP contribution is 2.21. The van der Waals surface area contributed by atoms with E-state index < -0.39 is 0 Å². The monoisotopic (exact) mass is 426 g/mol. The molecule has 0 atom stereocenters. The molecule has 0 radical (unpaired) electrons. The number of rotatable bonds is 8. The molecule has 3 aromatic rings. The first kappa shape index (κ1) is 22.2. The van der Waals surface area contributed by atoms with Gasteiger partial charge in [0.25, 0.3) is 5.56 Å². The Balaban J connectivity index is 1.75. The lowest BCUT2D eigenvalue weighted by Crippen LogP contribution is -2.25. The Labute approximate surface area is 181 Å². The lowest BCUT2D eigenvalue weighted by Gasteiger charge is -2.13. The zero-order valence-electron chi connectivity index (χ0n) is 18.3. The van der Waals surface area contributed by atoms with Crippen LogP contribution in [0.2, 0.25) is 0 Å². The van der Waals surface area contributed by atoms with E-state index in [1.807, 2.05) is 37.3 Å². The molecule has 7 heteroatoms. The summed E-state index contributed by atoms with van der Waals surface area (Å²) in [5.41, 5.74) is 3.99. The zero-order chi connectivity index (χ0) is 21.8. The number of aromatic amines is 1. The number of benzene rings is 1. The normalized spacial score (nSPS) is 11.6. The van der Waals surface area contributed by atoms with Crippen LogP contribution in [-0.4, -0.2) is 26.2 Å². The molecule has 30 heavy (non-hydrogen) atoms. The number of hydrogen-bond acceptors (Lipinski definition) is 4. The molecule has 2 N–H and O–H groups in total. The van der Waals surface area contributed by atoms with E-state index in [-0.39, 0.29) is 17.2 Å². The number of aromatic nitrogens is 3. The van der Waals surface area contributed by atoms with Gasteiger partial charge in [-0.25, -0.2) is 4.98 Å². The lowest BCUT2D eigenvalue weighted by atomic mass is 10.0. The minimum Gasteiger partial charge on any atom is -0.353 e. The fourth-order valence-corrected chi connectivity index (χ4v) is 4.01.